The molecule has 2 aromatic carbocycles. The van der Waals surface area contributed by atoms with Crippen LogP contribution < -0.4 is 9.47 Å². The molecule has 0 fully saturated rings. The molecule has 0 N–H and O–H groups in total. The third kappa shape index (κ3) is 3.75. The van der Waals surface area contributed by atoms with Crippen LogP contribution in [0.5, 0.6) is 11.5 Å². The molecule has 0 radical (unpaired) electrons. The lowest BCUT2D eigenvalue weighted by Crippen LogP contribution is -2.01. The second-order valence-electron chi connectivity index (χ2n) is 6.10. The molecule has 8 nitrogen and oxygen atoms in total. The van der Waals surface area contributed by atoms with Crippen molar-refractivity contribution < 1.29 is 14.4 Å². The highest BCUT2D eigenvalue weighted by Crippen LogP contribution is 2.39. The summed E-state index contributed by atoms with van der Waals surface area (Å²) in [7, 11) is 1.35. The van der Waals surface area contributed by atoms with Gasteiger partial charge in [0.1, 0.15) is 6.07 Å². The number of nitrogens with zero attached hydrogens (tertiary/aromatic N) is 4. The van der Waals surface area contributed by atoms with E-state index in [0.29, 0.717) is 30.1 Å². The van der Waals surface area contributed by atoms with Crippen molar-refractivity contribution in [1.82, 2.24) is 9.55 Å². The normalized spacial score (nSPS) is 11.3. The minimum atomic E-state index is -0.536. The Labute approximate surface area is 167 Å². The van der Waals surface area contributed by atoms with Gasteiger partial charge in [-0.3, -0.25) is 10.1 Å². The van der Waals surface area contributed by atoms with E-state index in [1.54, 1.807) is 19.1 Å². The molecule has 0 saturated heterocycles. The van der Waals surface area contributed by atoms with Crippen molar-refractivity contribution in [3.05, 3.63) is 57.9 Å². The molecule has 29 heavy (non-hydrogen) atoms. The molecule has 0 unspecified atom stereocenters. The molecule has 0 atom stereocenters. The average molecular weight is 392 g/mol. The predicted octanol–water partition coefficient (Wildman–Crippen LogP) is 4.44. The van der Waals surface area contributed by atoms with Gasteiger partial charge in [-0.25, -0.2) is 4.98 Å². The summed E-state index contributed by atoms with van der Waals surface area (Å²) in [6.45, 7) is 4.69. The van der Waals surface area contributed by atoms with Crippen molar-refractivity contribution >= 4 is 28.4 Å². The molecule has 0 saturated carbocycles. The van der Waals surface area contributed by atoms with E-state index in [9.17, 15) is 15.4 Å². The number of ether oxygens (including phenoxy) is 2. The summed E-state index contributed by atoms with van der Waals surface area (Å²) in [5.74, 6) is 0.803. The van der Waals surface area contributed by atoms with Crippen LogP contribution in [-0.2, 0) is 6.54 Å². The second kappa shape index (κ2) is 8.44. The Hall–Kier alpha value is -3.86. The minimum absolute atomic E-state index is 0.0494. The fourth-order valence-electron chi connectivity index (χ4n) is 3.21. The number of hydrogen-bond donors (Lipinski definition) is 0. The number of nitro benzene ring substituents is 1. The molecule has 148 valence electrons. The van der Waals surface area contributed by atoms with Crippen LogP contribution in [-0.4, -0.2) is 28.2 Å². The van der Waals surface area contributed by atoms with E-state index in [2.05, 4.69) is 11.1 Å². The van der Waals surface area contributed by atoms with Gasteiger partial charge in [0.2, 0.25) is 5.75 Å². The largest absolute Gasteiger partial charge is 0.490 e. The Morgan fingerprint density at radius 2 is 2.10 bits per heavy atom. The summed E-state index contributed by atoms with van der Waals surface area (Å²) in [6.07, 6.45) is 1.57. The summed E-state index contributed by atoms with van der Waals surface area (Å²) < 4.78 is 12.6. The summed E-state index contributed by atoms with van der Waals surface area (Å²) in [4.78, 5) is 15.5. The number of benzene rings is 2. The molecule has 0 amide bonds. The fraction of sp³-hybridized carbons (Fsp3) is 0.238. The molecule has 1 aromatic heterocycles. The van der Waals surface area contributed by atoms with Gasteiger partial charge in [0.05, 0.1) is 35.2 Å². The zero-order valence-electron chi connectivity index (χ0n) is 16.4. The van der Waals surface area contributed by atoms with E-state index in [4.69, 9.17) is 9.47 Å². The molecule has 0 aliphatic carbocycles. The molecule has 0 spiro atoms. The highest BCUT2D eigenvalue weighted by molar-refractivity contribution is 5.91. The quantitative estimate of drug-likeness (QED) is 0.335. The maximum absolute atomic E-state index is 11.5. The van der Waals surface area contributed by atoms with E-state index < -0.39 is 4.92 Å². The number of aryl methyl sites for hydroxylation is 1. The third-order valence-electron chi connectivity index (χ3n) is 4.40. The Balaban J connectivity index is 2.20. The first-order valence-corrected chi connectivity index (χ1v) is 9.10. The standard InChI is InChI=1S/C21H20N4O4/c1-4-24-17-9-7-6-8-16(17)23-21(24)15(13-22)10-14-11-18(25(26)27)20(28-3)19(12-14)29-5-2/h6-12H,4-5H2,1-3H3/b15-10-. The zero-order valence-corrected chi connectivity index (χ0v) is 16.4. The molecule has 0 aliphatic heterocycles. The number of nitro groups is 1. The van der Waals surface area contributed by atoms with Crippen LogP contribution in [0, 0.1) is 21.4 Å². The topological polar surface area (TPSA) is 103 Å². The Morgan fingerprint density at radius 1 is 1.34 bits per heavy atom. The highest BCUT2D eigenvalue weighted by Gasteiger charge is 2.22. The lowest BCUT2D eigenvalue weighted by molar-refractivity contribution is -0.385. The van der Waals surface area contributed by atoms with Gasteiger partial charge in [0, 0.05) is 12.6 Å². The van der Waals surface area contributed by atoms with Crippen molar-refractivity contribution in [2.24, 2.45) is 0 Å². The van der Waals surface area contributed by atoms with E-state index >= 15 is 0 Å². The zero-order chi connectivity index (χ0) is 21.0. The van der Waals surface area contributed by atoms with E-state index in [1.165, 1.54) is 13.2 Å². The molecule has 0 aliphatic rings. The maximum atomic E-state index is 11.5. The van der Waals surface area contributed by atoms with Gasteiger partial charge in [0.25, 0.3) is 0 Å². The van der Waals surface area contributed by atoms with Gasteiger partial charge in [-0.2, -0.15) is 5.26 Å². The van der Waals surface area contributed by atoms with Gasteiger partial charge >= 0.3 is 5.69 Å². The molecule has 0 bridgehead atoms. The number of para-hydroxylation sites is 2. The van der Waals surface area contributed by atoms with Crippen molar-refractivity contribution in [3.63, 3.8) is 0 Å². The van der Waals surface area contributed by atoms with Gasteiger partial charge < -0.3 is 14.0 Å². The SMILES string of the molecule is CCOc1cc(/C=C(/C#N)c2nc3ccccc3n2CC)cc([N+](=O)[O-])c1OC. The number of hydrogen-bond acceptors (Lipinski definition) is 6. The summed E-state index contributed by atoms with van der Waals surface area (Å²) in [5, 5.41) is 21.3. The van der Waals surface area contributed by atoms with Gasteiger partial charge in [0.15, 0.2) is 11.6 Å². The minimum Gasteiger partial charge on any atom is -0.490 e. The monoisotopic (exact) mass is 392 g/mol. The summed E-state index contributed by atoms with van der Waals surface area (Å²) in [5.41, 5.74) is 2.21. The third-order valence-corrected chi connectivity index (χ3v) is 4.40. The smallest absolute Gasteiger partial charge is 0.315 e. The maximum Gasteiger partial charge on any atom is 0.315 e. The van der Waals surface area contributed by atoms with E-state index in [1.807, 2.05) is 35.8 Å². The van der Waals surface area contributed by atoms with Crippen molar-refractivity contribution in [1.29, 1.82) is 5.26 Å². The predicted molar refractivity (Wildman–Crippen MR) is 110 cm³/mol. The van der Waals surface area contributed by atoms with Crippen LogP contribution >= 0.6 is 0 Å². The number of nitriles is 1. The summed E-state index contributed by atoms with van der Waals surface area (Å²) in [6, 6.07) is 12.8. The fourth-order valence-corrected chi connectivity index (χ4v) is 3.21. The molecule has 3 rings (SSSR count). The molecule has 3 aromatic rings. The number of fused-ring (bicyclic) bond motifs is 1. The first-order valence-electron chi connectivity index (χ1n) is 9.10. The number of allylic oxidation sites excluding steroid dienone is 1. The molecular weight excluding hydrogens is 372 g/mol. The van der Waals surface area contributed by atoms with Crippen LogP contribution in [0.1, 0.15) is 25.2 Å². The van der Waals surface area contributed by atoms with Gasteiger partial charge in [-0.15, -0.1) is 0 Å². The first kappa shape index (κ1) is 19.9. The van der Waals surface area contributed by atoms with Crippen molar-refractivity contribution in [2.75, 3.05) is 13.7 Å². The lowest BCUT2D eigenvalue weighted by atomic mass is 10.1. The van der Waals surface area contributed by atoms with Crippen molar-refractivity contribution in [2.45, 2.75) is 20.4 Å². The number of imidazole rings is 1. The Kier molecular flexibility index (Phi) is 5.79. The number of aromatic nitrogens is 2. The number of methoxy groups -OCH3 is 1. The van der Waals surface area contributed by atoms with Crippen LogP contribution in [0.2, 0.25) is 0 Å². The van der Waals surface area contributed by atoms with Crippen LogP contribution in [0.4, 0.5) is 5.69 Å². The van der Waals surface area contributed by atoms with Crippen LogP contribution in [0.25, 0.3) is 22.7 Å². The highest BCUT2D eigenvalue weighted by atomic mass is 16.6. The Morgan fingerprint density at radius 3 is 2.72 bits per heavy atom. The molecular formula is C21H20N4O4. The van der Waals surface area contributed by atoms with Gasteiger partial charge in [-0.05, 0) is 43.7 Å². The van der Waals surface area contributed by atoms with Crippen LogP contribution in [0.15, 0.2) is 36.4 Å². The van der Waals surface area contributed by atoms with Gasteiger partial charge in [-0.1, -0.05) is 12.1 Å². The molecule has 1 heterocycles. The van der Waals surface area contributed by atoms with Crippen molar-refractivity contribution in [3.8, 4) is 17.6 Å². The second-order valence-corrected chi connectivity index (χ2v) is 6.10. The number of rotatable bonds is 7. The Bertz CT molecular complexity index is 1140. The lowest BCUT2D eigenvalue weighted by Gasteiger charge is -2.11. The summed E-state index contributed by atoms with van der Waals surface area (Å²) >= 11 is 0. The molecule has 8 heteroatoms. The van der Waals surface area contributed by atoms with E-state index in [0.717, 1.165) is 11.0 Å². The average Bonchev–Trinajstić information content (AvgIpc) is 3.10. The van der Waals surface area contributed by atoms with E-state index in [-0.39, 0.29) is 17.2 Å². The van der Waals surface area contributed by atoms with Crippen LogP contribution in [0.3, 0.4) is 0 Å². The first-order chi connectivity index (χ1) is 14.0.